The SMILES string of the molecule is CCC(CNCC(C)C)Cc1cc(Br)ccc1F. The monoisotopic (exact) mass is 315 g/mol. The topological polar surface area (TPSA) is 12.0 Å². The first-order valence-electron chi connectivity index (χ1n) is 6.67. The summed E-state index contributed by atoms with van der Waals surface area (Å²) in [7, 11) is 0. The van der Waals surface area contributed by atoms with E-state index < -0.39 is 0 Å². The largest absolute Gasteiger partial charge is 0.316 e. The lowest BCUT2D eigenvalue weighted by Gasteiger charge is -2.17. The first kappa shape index (κ1) is 15.6. The molecule has 1 aromatic carbocycles. The molecule has 0 aromatic heterocycles. The van der Waals surface area contributed by atoms with E-state index in [1.165, 1.54) is 6.07 Å². The molecule has 0 heterocycles. The van der Waals surface area contributed by atoms with Crippen LogP contribution in [0.1, 0.15) is 32.8 Å². The van der Waals surface area contributed by atoms with Gasteiger partial charge in [0.2, 0.25) is 0 Å². The molecule has 3 heteroatoms. The van der Waals surface area contributed by atoms with Gasteiger partial charge in [0.25, 0.3) is 0 Å². The summed E-state index contributed by atoms with van der Waals surface area (Å²) in [5, 5.41) is 3.46. The lowest BCUT2D eigenvalue weighted by atomic mass is 9.96. The van der Waals surface area contributed by atoms with Crippen molar-refractivity contribution in [1.82, 2.24) is 5.32 Å². The molecule has 0 bridgehead atoms. The van der Waals surface area contributed by atoms with Crippen molar-refractivity contribution in [3.05, 3.63) is 34.1 Å². The molecule has 0 saturated carbocycles. The molecular formula is C15H23BrFN. The van der Waals surface area contributed by atoms with Crippen LogP contribution in [0.4, 0.5) is 4.39 Å². The fourth-order valence-corrected chi connectivity index (χ4v) is 2.36. The van der Waals surface area contributed by atoms with E-state index in [9.17, 15) is 4.39 Å². The van der Waals surface area contributed by atoms with Crippen LogP contribution in [-0.2, 0) is 6.42 Å². The highest BCUT2D eigenvalue weighted by Gasteiger charge is 2.11. The third-order valence-electron chi connectivity index (χ3n) is 3.08. The number of hydrogen-bond donors (Lipinski definition) is 1. The van der Waals surface area contributed by atoms with Gasteiger partial charge in [-0.05, 0) is 55.1 Å². The summed E-state index contributed by atoms with van der Waals surface area (Å²) >= 11 is 3.40. The summed E-state index contributed by atoms with van der Waals surface area (Å²) in [5.74, 6) is 1.05. The Bertz CT molecular complexity index is 366. The second-order valence-corrected chi connectivity index (χ2v) is 6.18. The highest BCUT2D eigenvalue weighted by Crippen LogP contribution is 2.19. The molecule has 0 saturated heterocycles. The van der Waals surface area contributed by atoms with Gasteiger partial charge in [0.05, 0.1) is 0 Å². The number of nitrogens with one attached hydrogen (secondary N) is 1. The van der Waals surface area contributed by atoms with Gasteiger partial charge in [0.15, 0.2) is 0 Å². The quantitative estimate of drug-likeness (QED) is 0.786. The lowest BCUT2D eigenvalue weighted by Crippen LogP contribution is -2.27. The molecule has 0 fully saturated rings. The van der Waals surface area contributed by atoms with Crippen molar-refractivity contribution in [3.8, 4) is 0 Å². The van der Waals surface area contributed by atoms with Crippen LogP contribution >= 0.6 is 15.9 Å². The minimum atomic E-state index is -0.0968. The maximum atomic E-state index is 13.7. The van der Waals surface area contributed by atoms with E-state index in [4.69, 9.17) is 0 Å². The third kappa shape index (κ3) is 5.49. The normalized spacial score (nSPS) is 13.0. The zero-order valence-electron chi connectivity index (χ0n) is 11.5. The van der Waals surface area contributed by atoms with Gasteiger partial charge in [-0.25, -0.2) is 4.39 Å². The van der Waals surface area contributed by atoms with Gasteiger partial charge < -0.3 is 5.32 Å². The molecule has 0 radical (unpaired) electrons. The smallest absolute Gasteiger partial charge is 0.126 e. The molecular weight excluding hydrogens is 293 g/mol. The maximum Gasteiger partial charge on any atom is 0.126 e. The molecule has 1 aromatic rings. The van der Waals surface area contributed by atoms with E-state index in [-0.39, 0.29) is 5.82 Å². The average Bonchev–Trinajstić information content (AvgIpc) is 2.32. The number of halogens is 2. The first-order valence-corrected chi connectivity index (χ1v) is 7.46. The van der Waals surface area contributed by atoms with E-state index in [1.807, 2.05) is 6.07 Å². The van der Waals surface area contributed by atoms with Crippen LogP contribution in [0.25, 0.3) is 0 Å². The average molecular weight is 316 g/mol. The second-order valence-electron chi connectivity index (χ2n) is 5.27. The number of rotatable bonds is 7. The standard InChI is InChI=1S/C15H23BrFN/c1-4-12(10-18-9-11(2)3)7-13-8-14(16)5-6-15(13)17/h5-6,8,11-12,18H,4,7,9-10H2,1-3H3. The van der Waals surface area contributed by atoms with Crippen LogP contribution in [0.2, 0.25) is 0 Å². The molecule has 1 unspecified atom stereocenters. The highest BCUT2D eigenvalue weighted by molar-refractivity contribution is 9.10. The summed E-state index contributed by atoms with van der Waals surface area (Å²) < 4.78 is 14.6. The van der Waals surface area contributed by atoms with Crippen LogP contribution in [0.5, 0.6) is 0 Å². The van der Waals surface area contributed by atoms with Gasteiger partial charge in [0.1, 0.15) is 5.82 Å². The molecule has 0 aliphatic rings. The first-order chi connectivity index (χ1) is 8.52. The summed E-state index contributed by atoms with van der Waals surface area (Å²) in [5.41, 5.74) is 0.808. The maximum absolute atomic E-state index is 13.7. The van der Waals surface area contributed by atoms with Gasteiger partial charge in [0, 0.05) is 4.47 Å². The van der Waals surface area contributed by atoms with Crippen LogP contribution < -0.4 is 5.32 Å². The van der Waals surface area contributed by atoms with E-state index >= 15 is 0 Å². The van der Waals surface area contributed by atoms with Crippen LogP contribution in [0.3, 0.4) is 0 Å². The molecule has 102 valence electrons. The molecule has 1 atom stereocenters. The second kappa shape index (κ2) is 7.90. The molecule has 0 aliphatic heterocycles. The number of hydrogen-bond acceptors (Lipinski definition) is 1. The summed E-state index contributed by atoms with van der Waals surface area (Å²) in [6.45, 7) is 8.54. The zero-order valence-corrected chi connectivity index (χ0v) is 13.1. The Hall–Kier alpha value is -0.410. The van der Waals surface area contributed by atoms with E-state index in [0.717, 1.165) is 36.0 Å². The summed E-state index contributed by atoms with van der Waals surface area (Å²) in [6.07, 6.45) is 1.86. The molecule has 1 N–H and O–H groups in total. The predicted molar refractivity (Wildman–Crippen MR) is 79.3 cm³/mol. The molecule has 1 nitrogen and oxygen atoms in total. The molecule has 18 heavy (non-hydrogen) atoms. The molecule has 0 spiro atoms. The fourth-order valence-electron chi connectivity index (χ4n) is 1.95. The van der Waals surface area contributed by atoms with Gasteiger partial charge >= 0.3 is 0 Å². The Morgan fingerprint density at radius 3 is 2.61 bits per heavy atom. The van der Waals surface area contributed by atoms with Crippen molar-refractivity contribution in [2.75, 3.05) is 13.1 Å². The van der Waals surface area contributed by atoms with Crippen molar-refractivity contribution in [3.63, 3.8) is 0 Å². The van der Waals surface area contributed by atoms with Crippen molar-refractivity contribution in [1.29, 1.82) is 0 Å². The Morgan fingerprint density at radius 1 is 1.28 bits per heavy atom. The van der Waals surface area contributed by atoms with Crippen LogP contribution in [0.15, 0.2) is 22.7 Å². The number of benzene rings is 1. The van der Waals surface area contributed by atoms with E-state index in [2.05, 4.69) is 42.0 Å². The zero-order chi connectivity index (χ0) is 13.5. The van der Waals surface area contributed by atoms with Crippen molar-refractivity contribution < 1.29 is 4.39 Å². The van der Waals surface area contributed by atoms with Gasteiger partial charge in [-0.3, -0.25) is 0 Å². The molecule has 0 amide bonds. The lowest BCUT2D eigenvalue weighted by molar-refractivity contribution is 0.431. The van der Waals surface area contributed by atoms with Gasteiger partial charge in [-0.2, -0.15) is 0 Å². The fraction of sp³-hybridized carbons (Fsp3) is 0.600. The summed E-state index contributed by atoms with van der Waals surface area (Å²) in [6, 6.07) is 5.17. The van der Waals surface area contributed by atoms with Gasteiger partial charge in [-0.1, -0.05) is 43.1 Å². The van der Waals surface area contributed by atoms with E-state index in [1.54, 1.807) is 6.07 Å². The summed E-state index contributed by atoms with van der Waals surface area (Å²) in [4.78, 5) is 0. The minimum Gasteiger partial charge on any atom is -0.316 e. The van der Waals surface area contributed by atoms with Crippen LogP contribution in [-0.4, -0.2) is 13.1 Å². The Labute approximate surface area is 118 Å². The van der Waals surface area contributed by atoms with Crippen molar-refractivity contribution in [2.45, 2.75) is 33.6 Å². The van der Waals surface area contributed by atoms with Crippen molar-refractivity contribution in [2.24, 2.45) is 11.8 Å². The third-order valence-corrected chi connectivity index (χ3v) is 3.57. The molecule has 0 aliphatic carbocycles. The predicted octanol–water partition coefficient (Wildman–Crippen LogP) is 4.40. The highest BCUT2D eigenvalue weighted by atomic mass is 79.9. The van der Waals surface area contributed by atoms with E-state index in [0.29, 0.717) is 11.8 Å². The Balaban J connectivity index is 2.54. The Kier molecular flexibility index (Phi) is 6.87. The Morgan fingerprint density at radius 2 is 2.00 bits per heavy atom. The van der Waals surface area contributed by atoms with Crippen molar-refractivity contribution >= 4 is 15.9 Å². The molecule has 1 rings (SSSR count). The van der Waals surface area contributed by atoms with Gasteiger partial charge in [-0.15, -0.1) is 0 Å². The van der Waals surface area contributed by atoms with Crippen LogP contribution in [0, 0.1) is 17.7 Å². The minimum absolute atomic E-state index is 0.0968.